The Hall–Kier alpha value is -1.14. The van der Waals surface area contributed by atoms with Crippen LogP contribution in [0, 0.1) is 0 Å². The smallest absolute Gasteiger partial charge is 0.321 e. The number of hydrogen-bond acceptors (Lipinski definition) is 4. The highest BCUT2D eigenvalue weighted by Crippen LogP contribution is 2.29. The summed E-state index contributed by atoms with van der Waals surface area (Å²) in [7, 11) is 0. The zero-order valence-corrected chi connectivity index (χ0v) is 13.2. The number of nitrogens with one attached hydrogen (secondary N) is 3. The molecular weight excluding hydrogens is 268 g/mol. The van der Waals surface area contributed by atoms with Gasteiger partial charge in [-0.3, -0.25) is 15.0 Å². The van der Waals surface area contributed by atoms with Gasteiger partial charge in [-0.1, -0.05) is 6.42 Å². The van der Waals surface area contributed by atoms with E-state index >= 15 is 0 Å². The zero-order valence-electron chi connectivity index (χ0n) is 13.2. The number of urea groups is 1. The van der Waals surface area contributed by atoms with Crippen LogP contribution in [0.4, 0.5) is 4.79 Å². The highest BCUT2D eigenvalue weighted by atomic mass is 16.2. The van der Waals surface area contributed by atoms with Crippen molar-refractivity contribution in [2.45, 2.75) is 64.1 Å². The fraction of sp³-hybridized carbons (Fsp3) is 0.867. The molecule has 1 saturated carbocycles. The van der Waals surface area contributed by atoms with Gasteiger partial charge in [-0.25, -0.2) is 4.79 Å². The lowest BCUT2D eigenvalue weighted by Gasteiger charge is -2.33. The van der Waals surface area contributed by atoms with Gasteiger partial charge >= 0.3 is 6.03 Å². The van der Waals surface area contributed by atoms with Gasteiger partial charge in [-0.2, -0.15) is 0 Å². The second-order valence-electron chi connectivity index (χ2n) is 6.10. The van der Waals surface area contributed by atoms with Crippen molar-refractivity contribution in [3.05, 3.63) is 0 Å². The first-order chi connectivity index (χ1) is 10.1. The molecule has 2 aliphatic rings. The van der Waals surface area contributed by atoms with Crippen molar-refractivity contribution in [1.82, 2.24) is 20.9 Å². The number of amides is 3. The SMILES string of the molecule is CCNC(=O)NC(=O)C(C)N(CC1CCCCN1)C1CC1. The molecular formula is C15H28N4O2. The number of carbonyl (C=O) groups is 2. The zero-order chi connectivity index (χ0) is 15.2. The molecule has 1 aliphatic heterocycles. The quantitative estimate of drug-likeness (QED) is 0.679. The van der Waals surface area contributed by atoms with Crippen LogP contribution in [-0.2, 0) is 4.79 Å². The van der Waals surface area contributed by atoms with E-state index in [2.05, 4.69) is 20.9 Å². The van der Waals surface area contributed by atoms with Crippen molar-refractivity contribution in [2.75, 3.05) is 19.6 Å². The first-order valence-corrected chi connectivity index (χ1v) is 8.19. The molecule has 2 fully saturated rings. The Morgan fingerprint density at radius 2 is 2.05 bits per heavy atom. The lowest BCUT2D eigenvalue weighted by molar-refractivity contribution is -0.125. The van der Waals surface area contributed by atoms with Gasteiger partial charge in [0.15, 0.2) is 0 Å². The summed E-state index contributed by atoms with van der Waals surface area (Å²) in [6.07, 6.45) is 5.99. The Morgan fingerprint density at radius 3 is 2.62 bits per heavy atom. The summed E-state index contributed by atoms with van der Waals surface area (Å²) in [6, 6.07) is 0.313. The molecule has 0 bridgehead atoms. The number of hydrogen-bond donors (Lipinski definition) is 3. The number of nitrogens with zero attached hydrogens (tertiary/aromatic N) is 1. The fourth-order valence-electron chi connectivity index (χ4n) is 2.94. The molecule has 0 aromatic carbocycles. The second kappa shape index (κ2) is 7.75. The normalized spacial score (nSPS) is 23.7. The maximum atomic E-state index is 12.2. The maximum absolute atomic E-state index is 12.2. The molecule has 0 aromatic heterocycles. The molecule has 6 nitrogen and oxygen atoms in total. The van der Waals surface area contributed by atoms with Crippen LogP contribution < -0.4 is 16.0 Å². The molecule has 2 unspecified atom stereocenters. The van der Waals surface area contributed by atoms with Crippen molar-refractivity contribution >= 4 is 11.9 Å². The van der Waals surface area contributed by atoms with Crippen molar-refractivity contribution in [2.24, 2.45) is 0 Å². The van der Waals surface area contributed by atoms with E-state index in [0.717, 1.165) is 25.9 Å². The van der Waals surface area contributed by atoms with Crippen molar-refractivity contribution < 1.29 is 9.59 Å². The highest BCUT2D eigenvalue weighted by molar-refractivity contribution is 5.96. The first-order valence-electron chi connectivity index (χ1n) is 8.19. The summed E-state index contributed by atoms with van der Waals surface area (Å²) in [4.78, 5) is 26.0. The Balaban J connectivity index is 1.87. The van der Waals surface area contributed by atoms with E-state index in [1.54, 1.807) is 0 Å². The van der Waals surface area contributed by atoms with Gasteiger partial charge in [-0.15, -0.1) is 0 Å². The van der Waals surface area contributed by atoms with E-state index in [0.29, 0.717) is 18.6 Å². The molecule has 6 heteroatoms. The molecule has 0 spiro atoms. The third kappa shape index (κ3) is 4.97. The van der Waals surface area contributed by atoms with E-state index < -0.39 is 6.03 Å². The number of rotatable bonds is 6. The van der Waals surface area contributed by atoms with Gasteiger partial charge in [0.1, 0.15) is 0 Å². The molecule has 0 aromatic rings. The number of piperidine rings is 1. The van der Waals surface area contributed by atoms with Crippen LogP contribution in [0.5, 0.6) is 0 Å². The van der Waals surface area contributed by atoms with E-state index in [4.69, 9.17) is 0 Å². The number of carbonyl (C=O) groups excluding carboxylic acids is 2. The van der Waals surface area contributed by atoms with Crippen LogP contribution in [0.3, 0.4) is 0 Å². The molecule has 3 N–H and O–H groups in total. The van der Waals surface area contributed by atoms with Gasteiger partial charge < -0.3 is 10.6 Å². The summed E-state index contributed by atoms with van der Waals surface area (Å²) in [5.41, 5.74) is 0. The van der Waals surface area contributed by atoms with E-state index in [1.165, 1.54) is 19.3 Å². The largest absolute Gasteiger partial charge is 0.338 e. The molecule has 2 rings (SSSR count). The average Bonchev–Trinajstić information content (AvgIpc) is 3.30. The minimum Gasteiger partial charge on any atom is -0.338 e. The van der Waals surface area contributed by atoms with Crippen molar-refractivity contribution in [1.29, 1.82) is 0 Å². The lowest BCUT2D eigenvalue weighted by atomic mass is 10.0. The van der Waals surface area contributed by atoms with Gasteiger partial charge in [0.2, 0.25) is 5.91 Å². The molecule has 0 radical (unpaired) electrons. The first kappa shape index (κ1) is 16.2. The van der Waals surface area contributed by atoms with E-state index in [1.807, 2.05) is 13.8 Å². The third-order valence-electron chi connectivity index (χ3n) is 4.31. The molecule has 2 atom stereocenters. The third-order valence-corrected chi connectivity index (χ3v) is 4.31. The Bertz CT molecular complexity index is 365. The molecule has 120 valence electrons. The van der Waals surface area contributed by atoms with E-state index in [-0.39, 0.29) is 11.9 Å². The lowest BCUT2D eigenvalue weighted by Crippen LogP contribution is -2.54. The Labute approximate surface area is 127 Å². The molecule has 1 saturated heterocycles. The van der Waals surface area contributed by atoms with E-state index in [9.17, 15) is 9.59 Å². The van der Waals surface area contributed by atoms with Crippen LogP contribution in [-0.4, -0.2) is 54.6 Å². The Kier molecular flexibility index (Phi) is 5.99. The molecule has 3 amide bonds. The molecule has 1 aliphatic carbocycles. The van der Waals surface area contributed by atoms with Crippen LogP contribution >= 0.6 is 0 Å². The Morgan fingerprint density at radius 1 is 1.29 bits per heavy atom. The summed E-state index contributed by atoms with van der Waals surface area (Å²) in [5, 5.41) is 8.56. The molecule has 21 heavy (non-hydrogen) atoms. The van der Waals surface area contributed by atoms with Crippen molar-refractivity contribution in [3.8, 4) is 0 Å². The minimum absolute atomic E-state index is 0.205. The predicted octanol–water partition coefficient (Wildman–Crippen LogP) is 0.827. The van der Waals surface area contributed by atoms with Gasteiger partial charge in [0.05, 0.1) is 6.04 Å². The fourth-order valence-corrected chi connectivity index (χ4v) is 2.94. The minimum atomic E-state index is -0.402. The van der Waals surface area contributed by atoms with Crippen LogP contribution in [0.15, 0.2) is 0 Å². The van der Waals surface area contributed by atoms with Crippen LogP contribution in [0.2, 0.25) is 0 Å². The van der Waals surface area contributed by atoms with Crippen LogP contribution in [0.1, 0.15) is 46.0 Å². The monoisotopic (exact) mass is 296 g/mol. The van der Waals surface area contributed by atoms with Crippen molar-refractivity contribution in [3.63, 3.8) is 0 Å². The average molecular weight is 296 g/mol. The standard InChI is InChI=1S/C15H28N4O2/c1-3-16-15(21)18-14(20)11(2)19(13-7-8-13)10-12-6-4-5-9-17-12/h11-13,17H,3-10H2,1-2H3,(H2,16,18,20,21). The maximum Gasteiger partial charge on any atom is 0.321 e. The predicted molar refractivity (Wildman–Crippen MR) is 82.0 cm³/mol. The number of imide groups is 1. The topological polar surface area (TPSA) is 73.5 Å². The summed E-state index contributed by atoms with van der Waals surface area (Å²) >= 11 is 0. The highest BCUT2D eigenvalue weighted by Gasteiger charge is 2.36. The summed E-state index contributed by atoms with van der Waals surface area (Å²) in [6.45, 7) is 6.22. The molecule has 1 heterocycles. The second-order valence-corrected chi connectivity index (χ2v) is 6.10. The van der Waals surface area contributed by atoms with Crippen LogP contribution in [0.25, 0.3) is 0 Å². The van der Waals surface area contributed by atoms with Gasteiger partial charge in [0, 0.05) is 25.2 Å². The van der Waals surface area contributed by atoms with Gasteiger partial charge in [-0.05, 0) is 46.1 Å². The van der Waals surface area contributed by atoms with Gasteiger partial charge in [0.25, 0.3) is 0 Å². The summed E-state index contributed by atoms with van der Waals surface area (Å²) in [5.74, 6) is -0.205. The summed E-state index contributed by atoms with van der Waals surface area (Å²) < 4.78 is 0.